The zero-order chi connectivity index (χ0) is 5.61. The van der Waals surface area contributed by atoms with E-state index in [0.717, 1.165) is 5.92 Å². The van der Waals surface area contributed by atoms with Crippen LogP contribution in [0.15, 0.2) is 12.2 Å². The van der Waals surface area contributed by atoms with Gasteiger partial charge in [-0.25, -0.2) is 0 Å². The van der Waals surface area contributed by atoms with Crippen LogP contribution in [0.1, 0.15) is 19.3 Å². The van der Waals surface area contributed by atoms with Crippen LogP contribution >= 0.6 is 12.6 Å². The number of thiol groups is 1. The van der Waals surface area contributed by atoms with Gasteiger partial charge in [0.1, 0.15) is 0 Å². The Hall–Kier alpha value is 0.0900. The smallest absolute Gasteiger partial charge is 0.0314 e. The quantitative estimate of drug-likeness (QED) is 0.372. The van der Waals surface area contributed by atoms with Gasteiger partial charge < -0.3 is 0 Å². The summed E-state index contributed by atoms with van der Waals surface area (Å²) in [5.41, 5.74) is 0. The molecule has 1 saturated carbocycles. The fourth-order valence-corrected chi connectivity index (χ4v) is 2.17. The fraction of sp³-hybridized carbons (Fsp3) is 0.714. The lowest BCUT2D eigenvalue weighted by Crippen LogP contribution is -2.08. The van der Waals surface area contributed by atoms with Gasteiger partial charge in [-0.15, -0.1) is 0 Å². The Morgan fingerprint density at radius 3 is 2.62 bits per heavy atom. The lowest BCUT2D eigenvalue weighted by Gasteiger charge is -2.13. The highest BCUT2D eigenvalue weighted by atomic mass is 32.1. The van der Waals surface area contributed by atoms with E-state index in [9.17, 15) is 0 Å². The number of rotatable bonds is 0. The molecule has 1 heteroatoms. The first-order valence-electron chi connectivity index (χ1n) is 3.20. The van der Waals surface area contributed by atoms with Gasteiger partial charge in [0.05, 0.1) is 0 Å². The number of allylic oxidation sites excluding steroid dienone is 1. The van der Waals surface area contributed by atoms with Crippen LogP contribution in [0.25, 0.3) is 0 Å². The van der Waals surface area contributed by atoms with E-state index in [1.54, 1.807) is 0 Å². The second-order valence-corrected chi connectivity index (χ2v) is 3.86. The van der Waals surface area contributed by atoms with Crippen molar-refractivity contribution in [1.82, 2.24) is 0 Å². The maximum absolute atomic E-state index is 4.54. The van der Waals surface area contributed by atoms with Gasteiger partial charge in [-0.2, -0.15) is 12.6 Å². The standard InChI is InChI=1S/C7H10S/c8-7-3-1-6(5-7)2-4-7/h1,3,6,8H,2,4-5H2. The summed E-state index contributed by atoms with van der Waals surface area (Å²) in [5.74, 6) is 0.882. The lowest BCUT2D eigenvalue weighted by molar-refractivity contribution is 0.699. The molecule has 2 atom stereocenters. The van der Waals surface area contributed by atoms with Gasteiger partial charge in [-0.3, -0.25) is 0 Å². The van der Waals surface area contributed by atoms with E-state index >= 15 is 0 Å². The molecule has 0 spiro atoms. The molecular formula is C7H10S. The van der Waals surface area contributed by atoms with Crippen LogP contribution < -0.4 is 0 Å². The zero-order valence-corrected chi connectivity index (χ0v) is 5.70. The summed E-state index contributed by atoms with van der Waals surface area (Å²) in [7, 11) is 0. The van der Waals surface area contributed by atoms with Crippen LogP contribution in [0.3, 0.4) is 0 Å². The van der Waals surface area contributed by atoms with Crippen molar-refractivity contribution >= 4 is 12.6 Å². The first kappa shape index (κ1) is 4.92. The Balaban J connectivity index is 2.33. The molecule has 8 heavy (non-hydrogen) atoms. The largest absolute Gasteiger partial charge is 0.168 e. The van der Waals surface area contributed by atoms with E-state index in [0.29, 0.717) is 4.75 Å². The summed E-state index contributed by atoms with van der Waals surface area (Å²) < 4.78 is 0.324. The summed E-state index contributed by atoms with van der Waals surface area (Å²) in [6.07, 6.45) is 8.56. The first-order chi connectivity index (χ1) is 3.79. The van der Waals surface area contributed by atoms with Crippen molar-refractivity contribution in [3.63, 3.8) is 0 Å². The Morgan fingerprint density at radius 2 is 2.50 bits per heavy atom. The van der Waals surface area contributed by atoms with Crippen molar-refractivity contribution in [2.45, 2.75) is 24.0 Å². The molecule has 0 aromatic rings. The third kappa shape index (κ3) is 0.540. The van der Waals surface area contributed by atoms with Crippen molar-refractivity contribution in [3.05, 3.63) is 12.2 Å². The van der Waals surface area contributed by atoms with E-state index < -0.39 is 0 Å². The lowest BCUT2D eigenvalue weighted by atomic mass is 10.1. The molecule has 0 radical (unpaired) electrons. The van der Waals surface area contributed by atoms with E-state index in [1.807, 2.05) is 0 Å². The van der Waals surface area contributed by atoms with Gasteiger partial charge in [0.25, 0.3) is 0 Å². The van der Waals surface area contributed by atoms with Crippen LogP contribution in [-0.4, -0.2) is 4.75 Å². The average Bonchev–Trinajstić information content (AvgIpc) is 2.21. The zero-order valence-electron chi connectivity index (χ0n) is 4.80. The molecule has 0 saturated heterocycles. The molecule has 2 bridgehead atoms. The molecule has 0 heterocycles. The van der Waals surface area contributed by atoms with Crippen molar-refractivity contribution < 1.29 is 0 Å². The maximum atomic E-state index is 4.54. The van der Waals surface area contributed by atoms with Crippen molar-refractivity contribution in [2.75, 3.05) is 0 Å². The third-order valence-electron chi connectivity index (χ3n) is 2.24. The Labute approximate surface area is 55.4 Å². The number of hydrogen-bond donors (Lipinski definition) is 1. The molecule has 2 rings (SSSR count). The molecule has 2 aliphatic carbocycles. The molecule has 0 nitrogen and oxygen atoms in total. The Kier molecular flexibility index (Phi) is 0.815. The summed E-state index contributed by atoms with van der Waals surface area (Å²) in [6, 6.07) is 0. The highest BCUT2D eigenvalue weighted by Gasteiger charge is 2.37. The van der Waals surface area contributed by atoms with Crippen molar-refractivity contribution in [2.24, 2.45) is 5.92 Å². The van der Waals surface area contributed by atoms with E-state index in [2.05, 4.69) is 24.8 Å². The summed E-state index contributed by atoms with van der Waals surface area (Å²) in [5, 5.41) is 0. The molecule has 2 aliphatic rings. The minimum Gasteiger partial charge on any atom is -0.168 e. The van der Waals surface area contributed by atoms with Gasteiger partial charge in [0.15, 0.2) is 0 Å². The highest BCUT2D eigenvalue weighted by Crippen LogP contribution is 2.46. The maximum Gasteiger partial charge on any atom is 0.0314 e. The van der Waals surface area contributed by atoms with Crippen molar-refractivity contribution in [3.8, 4) is 0 Å². The monoisotopic (exact) mass is 126 g/mol. The highest BCUT2D eigenvalue weighted by molar-refractivity contribution is 7.82. The van der Waals surface area contributed by atoms with Gasteiger partial charge in [-0.05, 0) is 25.2 Å². The topological polar surface area (TPSA) is 0 Å². The second kappa shape index (κ2) is 1.32. The first-order valence-corrected chi connectivity index (χ1v) is 3.65. The normalized spacial score (nSPS) is 50.9. The summed E-state index contributed by atoms with van der Waals surface area (Å²) in [6.45, 7) is 0. The fourth-order valence-electron chi connectivity index (χ4n) is 1.72. The van der Waals surface area contributed by atoms with Crippen LogP contribution in [0.2, 0.25) is 0 Å². The molecule has 0 amide bonds. The molecule has 0 aromatic carbocycles. The number of fused-ring (bicyclic) bond motifs is 2. The van der Waals surface area contributed by atoms with Gasteiger partial charge in [0.2, 0.25) is 0 Å². The Bertz CT molecular complexity index is 139. The number of hydrogen-bond acceptors (Lipinski definition) is 1. The Morgan fingerprint density at radius 1 is 1.62 bits per heavy atom. The summed E-state index contributed by atoms with van der Waals surface area (Å²) in [4.78, 5) is 0. The van der Waals surface area contributed by atoms with Crippen LogP contribution in [0, 0.1) is 5.92 Å². The molecule has 0 N–H and O–H groups in total. The van der Waals surface area contributed by atoms with Crippen LogP contribution in [0.5, 0.6) is 0 Å². The summed E-state index contributed by atoms with van der Waals surface area (Å²) >= 11 is 4.54. The van der Waals surface area contributed by atoms with Crippen LogP contribution in [0.4, 0.5) is 0 Å². The van der Waals surface area contributed by atoms with E-state index in [-0.39, 0.29) is 0 Å². The second-order valence-electron chi connectivity index (χ2n) is 2.97. The van der Waals surface area contributed by atoms with Crippen LogP contribution in [-0.2, 0) is 0 Å². The molecule has 0 aliphatic heterocycles. The molecule has 1 fully saturated rings. The van der Waals surface area contributed by atoms with E-state index in [1.165, 1.54) is 19.3 Å². The third-order valence-corrected chi connectivity index (χ3v) is 2.80. The average molecular weight is 126 g/mol. The van der Waals surface area contributed by atoms with Gasteiger partial charge in [-0.1, -0.05) is 12.2 Å². The predicted octanol–water partition coefficient (Wildman–Crippen LogP) is 2.02. The predicted molar refractivity (Wildman–Crippen MR) is 38.2 cm³/mol. The van der Waals surface area contributed by atoms with Gasteiger partial charge >= 0.3 is 0 Å². The van der Waals surface area contributed by atoms with Gasteiger partial charge in [0, 0.05) is 4.75 Å². The molecule has 0 aromatic heterocycles. The van der Waals surface area contributed by atoms with Crippen molar-refractivity contribution in [1.29, 1.82) is 0 Å². The minimum atomic E-state index is 0.324. The molecular weight excluding hydrogens is 116 g/mol. The van der Waals surface area contributed by atoms with E-state index in [4.69, 9.17) is 0 Å². The molecule has 2 unspecified atom stereocenters. The SMILES string of the molecule is SC12C=CC(CC1)C2. The molecule has 44 valence electrons. The minimum absolute atomic E-state index is 0.324.